The molecule has 0 heterocycles. The molecule has 0 saturated carbocycles. The van der Waals surface area contributed by atoms with E-state index in [0.717, 1.165) is 5.56 Å². The molecular weight excluding hydrogens is 262 g/mol. The fourth-order valence-corrected chi connectivity index (χ4v) is 1.86. The number of hydrogen-bond donors (Lipinski definition) is 1. The summed E-state index contributed by atoms with van der Waals surface area (Å²) < 4.78 is 5.35. The summed E-state index contributed by atoms with van der Waals surface area (Å²) in [6, 6.07) is 14.7. The first-order valence-corrected chi connectivity index (χ1v) is 6.27. The van der Waals surface area contributed by atoms with Crippen LogP contribution in [0.3, 0.4) is 0 Å². The summed E-state index contributed by atoms with van der Waals surface area (Å²) in [5.74, 6) is 0.419. The van der Waals surface area contributed by atoms with Crippen LogP contribution in [0.15, 0.2) is 48.5 Å². The first kappa shape index (κ1) is 13.4. The van der Waals surface area contributed by atoms with Gasteiger partial charge in [-0.3, -0.25) is 4.79 Å². The van der Waals surface area contributed by atoms with Crippen molar-refractivity contribution in [3.63, 3.8) is 0 Å². The SMILES string of the molecule is Cc1ccc(NC(=O)COc2ccccc2)c(Cl)c1. The molecule has 2 aromatic carbocycles. The van der Waals surface area contributed by atoms with E-state index in [2.05, 4.69) is 5.32 Å². The van der Waals surface area contributed by atoms with E-state index in [1.165, 1.54) is 0 Å². The monoisotopic (exact) mass is 275 g/mol. The molecule has 4 heteroatoms. The molecule has 0 atom stereocenters. The Morgan fingerprint density at radius 1 is 1.21 bits per heavy atom. The Kier molecular flexibility index (Phi) is 4.42. The number of aryl methyl sites for hydroxylation is 1. The summed E-state index contributed by atoms with van der Waals surface area (Å²) in [4.78, 5) is 11.7. The molecule has 0 spiro atoms. The Morgan fingerprint density at radius 3 is 2.63 bits per heavy atom. The number of amides is 1. The van der Waals surface area contributed by atoms with Crippen molar-refractivity contribution in [2.75, 3.05) is 11.9 Å². The fraction of sp³-hybridized carbons (Fsp3) is 0.133. The van der Waals surface area contributed by atoms with E-state index in [4.69, 9.17) is 16.3 Å². The second kappa shape index (κ2) is 6.25. The van der Waals surface area contributed by atoms with Crippen molar-refractivity contribution >= 4 is 23.2 Å². The van der Waals surface area contributed by atoms with Gasteiger partial charge in [-0.1, -0.05) is 35.9 Å². The minimum atomic E-state index is -0.241. The highest BCUT2D eigenvalue weighted by molar-refractivity contribution is 6.33. The van der Waals surface area contributed by atoms with Crippen molar-refractivity contribution in [1.82, 2.24) is 0 Å². The van der Waals surface area contributed by atoms with Crippen LogP contribution in [0, 0.1) is 6.92 Å². The van der Waals surface area contributed by atoms with Crippen LogP contribution in [0.1, 0.15) is 5.56 Å². The number of ether oxygens (including phenoxy) is 1. The molecular formula is C15H14ClNO2. The van der Waals surface area contributed by atoms with E-state index in [-0.39, 0.29) is 12.5 Å². The minimum absolute atomic E-state index is 0.0474. The highest BCUT2D eigenvalue weighted by atomic mass is 35.5. The molecule has 0 bridgehead atoms. The average molecular weight is 276 g/mol. The van der Waals surface area contributed by atoms with Gasteiger partial charge in [-0.15, -0.1) is 0 Å². The van der Waals surface area contributed by atoms with E-state index in [1.807, 2.05) is 31.2 Å². The third kappa shape index (κ3) is 4.00. The van der Waals surface area contributed by atoms with E-state index >= 15 is 0 Å². The summed E-state index contributed by atoms with van der Waals surface area (Å²) in [6.45, 7) is 1.89. The van der Waals surface area contributed by atoms with Gasteiger partial charge in [0.15, 0.2) is 6.61 Å². The van der Waals surface area contributed by atoms with Gasteiger partial charge in [0.2, 0.25) is 0 Å². The summed E-state index contributed by atoms with van der Waals surface area (Å²) in [5.41, 5.74) is 1.64. The first-order valence-electron chi connectivity index (χ1n) is 5.89. The van der Waals surface area contributed by atoms with Gasteiger partial charge in [0.1, 0.15) is 5.75 Å². The Balaban J connectivity index is 1.91. The number of para-hydroxylation sites is 1. The summed E-state index contributed by atoms with van der Waals surface area (Å²) >= 11 is 6.04. The van der Waals surface area contributed by atoms with Crippen molar-refractivity contribution in [3.8, 4) is 5.75 Å². The van der Waals surface area contributed by atoms with Crippen LogP contribution in [0.5, 0.6) is 5.75 Å². The van der Waals surface area contributed by atoms with Gasteiger partial charge in [0, 0.05) is 0 Å². The molecule has 98 valence electrons. The molecule has 2 rings (SSSR count). The summed E-state index contributed by atoms with van der Waals surface area (Å²) in [6.07, 6.45) is 0. The van der Waals surface area contributed by atoms with Gasteiger partial charge in [-0.05, 0) is 36.8 Å². The van der Waals surface area contributed by atoms with Crippen molar-refractivity contribution in [2.45, 2.75) is 6.92 Å². The number of anilines is 1. The smallest absolute Gasteiger partial charge is 0.262 e. The molecule has 0 saturated heterocycles. The molecule has 0 aromatic heterocycles. The Labute approximate surface area is 117 Å². The van der Waals surface area contributed by atoms with Gasteiger partial charge >= 0.3 is 0 Å². The Hall–Kier alpha value is -2.00. The number of halogens is 1. The Bertz CT molecular complexity index is 570. The van der Waals surface area contributed by atoms with Crippen molar-refractivity contribution in [2.24, 2.45) is 0 Å². The zero-order valence-corrected chi connectivity index (χ0v) is 11.3. The summed E-state index contributed by atoms with van der Waals surface area (Å²) in [5, 5.41) is 3.23. The Morgan fingerprint density at radius 2 is 1.95 bits per heavy atom. The lowest BCUT2D eigenvalue weighted by Gasteiger charge is -2.09. The zero-order chi connectivity index (χ0) is 13.7. The van der Waals surface area contributed by atoms with E-state index in [1.54, 1.807) is 24.3 Å². The van der Waals surface area contributed by atoms with Gasteiger partial charge in [-0.25, -0.2) is 0 Å². The molecule has 0 unspecified atom stereocenters. The summed E-state index contributed by atoms with van der Waals surface area (Å²) in [7, 11) is 0. The fourth-order valence-electron chi connectivity index (χ4n) is 1.57. The van der Waals surface area contributed by atoms with E-state index < -0.39 is 0 Å². The van der Waals surface area contributed by atoms with Gasteiger partial charge in [-0.2, -0.15) is 0 Å². The predicted octanol–water partition coefficient (Wildman–Crippen LogP) is 3.67. The molecule has 3 nitrogen and oxygen atoms in total. The number of benzene rings is 2. The third-order valence-corrected chi connectivity index (χ3v) is 2.82. The highest BCUT2D eigenvalue weighted by Crippen LogP contribution is 2.22. The standard InChI is InChI=1S/C15H14ClNO2/c1-11-7-8-14(13(16)9-11)17-15(18)10-19-12-5-3-2-4-6-12/h2-9H,10H2,1H3,(H,17,18). The quantitative estimate of drug-likeness (QED) is 0.925. The number of carbonyl (C=O) groups excluding carboxylic acids is 1. The van der Waals surface area contributed by atoms with Crippen LogP contribution < -0.4 is 10.1 Å². The molecule has 19 heavy (non-hydrogen) atoms. The maximum Gasteiger partial charge on any atom is 0.262 e. The number of nitrogens with one attached hydrogen (secondary N) is 1. The maximum absolute atomic E-state index is 11.7. The average Bonchev–Trinajstić information content (AvgIpc) is 2.41. The molecule has 1 N–H and O–H groups in total. The molecule has 0 aliphatic heterocycles. The zero-order valence-electron chi connectivity index (χ0n) is 10.5. The lowest BCUT2D eigenvalue weighted by Crippen LogP contribution is -2.20. The van der Waals surface area contributed by atoms with Crippen LogP contribution in [0.2, 0.25) is 5.02 Å². The maximum atomic E-state index is 11.7. The molecule has 1 amide bonds. The van der Waals surface area contributed by atoms with Crippen LogP contribution in [-0.4, -0.2) is 12.5 Å². The number of rotatable bonds is 4. The van der Waals surface area contributed by atoms with Gasteiger partial charge in [0.05, 0.1) is 10.7 Å². The lowest BCUT2D eigenvalue weighted by molar-refractivity contribution is -0.118. The lowest BCUT2D eigenvalue weighted by atomic mass is 10.2. The van der Waals surface area contributed by atoms with E-state index in [9.17, 15) is 4.79 Å². The molecule has 0 radical (unpaired) electrons. The first-order chi connectivity index (χ1) is 9.15. The van der Waals surface area contributed by atoms with Crippen LogP contribution >= 0.6 is 11.6 Å². The second-order valence-corrected chi connectivity index (χ2v) is 4.54. The topological polar surface area (TPSA) is 38.3 Å². The molecule has 0 fully saturated rings. The highest BCUT2D eigenvalue weighted by Gasteiger charge is 2.06. The largest absolute Gasteiger partial charge is 0.484 e. The normalized spacial score (nSPS) is 10.0. The van der Waals surface area contributed by atoms with Gasteiger partial charge < -0.3 is 10.1 Å². The van der Waals surface area contributed by atoms with Crippen molar-refractivity contribution in [3.05, 3.63) is 59.1 Å². The predicted molar refractivity (Wildman–Crippen MR) is 76.8 cm³/mol. The molecule has 0 aliphatic carbocycles. The van der Waals surface area contributed by atoms with Crippen LogP contribution in [-0.2, 0) is 4.79 Å². The third-order valence-electron chi connectivity index (χ3n) is 2.51. The minimum Gasteiger partial charge on any atom is -0.484 e. The molecule has 0 aliphatic rings. The van der Waals surface area contributed by atoms with Crippen LogP contribution in [0.4, 0.5) is 5.69 Å². The molecule has 2 aromatic rings. The van der Waals surface area contributed by atoms with Gasteiger partial charge in [0.25, 0.3) is 5.91 Å². The van der Waals surface area contributed by atoms with Crippen molar-refractivity contribution in [1.29, 1.82) is 0 Å². The second-order valence-electron chi connectivity index (χ2n) is 4.13. The number of hydrogen-bond acceptors (Lipinski definition) is 2. The van der Waals surface area contributed by atoms with Crippen LogP contribution in [0.25, 0.3) is 0 Å². The number of carbonyl (C=O) groups is 1. The van der Waals surface area contributed by atoms with E-state index in [0.29, 0.717) is 16.5 Å². The van der Waals surface area contributed by atoms with Crippen molar-refractivity contribution < 1.29 is 9.53 Å².